The van der Waals surface area contributed by atoms with E-state index in [9.17, 15) is 24.0 Å². The van der Waals surface area contributed by atoms with Crippen molar-refractivity contribution in [2.75, 3.05) is 11.4 Å². The number of thiophene rings is 1. The van der Waals surface area contributed by atoms with Crippen LogP contribution in [0.1, 0.15) is 38.4 Å². The maximum absolute atomic E-state index is 12.9. The molecule has 1 aromatic carbocycles. The minimum atomic E-state index is -0.618. The number of rotatable bonds is 5. The number of imide groups is 1. The van der Waals surface area contributed by atoms with Gasteiger partial charge in [-0.2, -0.15) is 0 Å². The molecule has 2 heterocycles. The van der Waals surface area contributed by atoms with Crippen molar-refractivity contribution < 1.29 is 24.0 Å². The van der Waals surface area contributed by atoms with E-state index < -0.39 is 11.8 Å². The molecule has 2 aromatic rings. The van der Waals surface area contributed by atoms with Crippen molar-refractivity contribution in [1.29, 1.82) is 0 Å². The van der Waals surface area contributed by atoms with Gasteiger partial charge in [-0.25, -0.2) is 4.90 Å². The van der Waals surface area contributed by atoms with Gasteiger partial charge in [0.1, 0.15) is 0 Å². The quantitative estimate of drug-likeness (QED) is 0.352. The number of carbonyl (C=O) groups is 5. The van der Waals surface area contributed by atoms with Crippen LogP contribution < -0.4 is 21.1 Å². The molecule has 2 unspecified atom stereocenters. The summed E-state index contributed by atoms with van der Waals surface area (Å²) in [6.45, 7) is 1.44. The van der Waals surface area contributed by atoms with Crippen LogP contribution >= 0.6 is 11.3 Å². The van der Waals surface area contributed by atoms with Gasteiger partial charge in [-0.15, -0.1) is 11.3 Å². The lowest BCUT2D eigenvalue weighted by atomic mass is 9.85. The molecule has 5 amide bonds. The van der Waals surface area contributed by atoms with Gasteiger partial charge in [0.05, 0.1) is 28.9 Å². The molecule has 0 radical (unpaired) electrons. The van der Waals surface area contributed by atoms with Crippen LogP contribution in [0, 0.1) is 18.8 Å². The van der Waals surface area contributed by atoms with Crippen molar-refractivity contribution in [3.8, 4) is 0 Å². The van der Waals surface area contributed by atoms with E-state index in [-0.39, 0.29) is 41.7 Å². The largest absolute Gasteiger partial charge is 0.342 e. The van der Waals surface area contributed by atoms with E-state index in [0.717, 1.165) is 0 Å². The van der Waals surface area contributed by atoms with Crippen LogP contribution in [0.25, 0.3) is 0 Å². The molecule has 3 N–H and O–H groups in total. The van der Waals surface area contributed by atoms with Crippen molar-refractivity contribution in [2.24, 2.45) is 11.8 Å². The lowest BCUT2D eigenvalue weighted by molar-refractivity contribution is -0.123. The van der Waals surface area contributed by atoms with Crippen LogP contribution in [0.2, 0.25) is 0 Å². The van der Waals surface area contributed by atoms with Crippen molar-refractivity contribution in [3.05, 3.63) is 63.9 Å². The molecule has 0 spiro atoms. The highest BCUT2D eigenvalue weighted by Gasteiger charge is 2.48. The van der Waals surface area contributed by atoms with Crippen LogP contribution in [-0.2, 0) is 14.4 Å². The fraction of sp³-hybridized carbons (Fsp3) is 0.261. The van der Waals surface area contributed by atoms with E-state index in [1.165, 1.54) is 22.3 Å². The van der Waals surface area contributed by atoms with Crippen LogP contribution in [0.4, 0.5) is 5.69 Å². The molecule has 2 aliphatic rings. The first-order valence-corrected chi connectivity index (χ1v) is 11.3. The summed E-state index contributed by atoms with van der Waals surface area (Å²) in [5.74, 6) is -2.87. The molecular formula is C23H22N4O5S. The normalized spacial score (nSPS) is 19.2. The number of nitrogens with zero attached hydrogens (tertiary/aromatic N) is 1. The summed E-state index contributed by atoms with van der Waals surface area (Å²) >= 11 is 1.25. The first kappa shape index (κ1) is 22.4. The Morgan fingerprint density at radius 3 is 2.33 bits per heavy atom. The fourth-order valence-electron chi connectivity index (χ4n) is 3.93. The molecule has 1 aromatic heterocycles. The van der Waals surface area contributed by atoms with E-state index >= 15 is 0 Å². The molecule has 10 heteroatoms. The minimum absolute atomic E-state index is 0.173. The second-order valence-corrected chi connectivity index (χ2v) is 8.78. The molecule has 2 atom stereocenters. The van der Waals surface area contributed by atoms with Gasteiger partial charge < -0.3 is 5.32 Å². The number of carbonyl (C=O) groups excluding carboxylic acids is 5. The third kappa shape index (κ3) is 4.56. The Morgan fingerprint density at radius 2 is 1.70 bits per heavy atom. The zero-order valence-corrected chi connectivity index (χ0v) is 18.6. The van der Waals surface area contributed by atoms with Gasteiger partial charge in [0.15, 0.2) is 0 Å². The Kier molecular flexibility index (Phi) is 6.36. The van der Waals surface area contributed by atoms with E-state index in [1.807, 2.05) is 12.2 Å². The highest BCUT2D eigenvalue weighted by Crippen LogP contribution is 2.38. The molecule has 0 bridgehead atoms. The molecule has 1 aliphatic carbocycles. The first-order valence-electron chi connectivity index (χ1n) is 10.4. The van der Waals surface area contributed by atoms with Gasteiger partial charge in [-0.3, -0.25) is 34.8 Å². The number of hydrogen-bond donors (Lipinski definition) is 3. The maximum atomic E-state index is 12.9. The van der Waals surface area contributed by atoms with E-state index in [1.54, 1.807) is 36.6 Å². The Hall–Kier alpha value is -3.79. The molecule has 170 valence electrons. The molecule has 4 rings (SSSR count). The topological polar surface area (TPSA) is 125 Å². The highest BCUT2D eigenvalue weighted by molar-refractivity contribution is 7.12. The van der Waals surface area contributed by atoms with Crippen molar-refractivity contribution >= 4 is 46.6 Å². The molecule has 1 fully saturated rings. The van der Waals surface area contributed by atoms with Crippen LogP contribution in [-0.4, -0.2) is 36.1 Å². The fourth-order valence-corrected chi connectivity index (χ4v) is 4.57. The monoisotopic (exact) mass is 466 g/mol. The Bertz CT molecular complexity index is 1130. The molecule has 9 nitrogen and oxygen atoms in total. The smallest absolute Gasteiger partial charge is 0.269 e. The van der Waals surface area contributed by atoms with Crippen molar-refractivity contribution in [3.63, 3.8) is 0 Å². The van der Waals surface area contributed by atoms with E-state index in [4.69, 9.17) is 0 Å². The zero-order chi connectivity index (χ0) is 23.5. The number of hydrazine groups is 1. The number of nitrogens with one attached hydrogen (secondary N) is 3. The second kappa shape index (κ2) is 9.37. The number of benzene rings is 1. The second-order valence-electron chi connectivity index (χ2n) is 7.83. The van der Waals surface area contributed by atoms with Crippen molar-refractivity contribution in [2.45, 2.75) is 19.8 Å². The Labute approximate surface area is 193 Å². The lowest BCUT2D eigenvalue weighted by Crippen LogP contribution is -2.46. The average Bonchev–Trinajstić information content (AvgIpc) is 3.44. The van der Waals surface area contributed by atoms with Crippen LogP contribution in [0.5, 0.6) is 0 Å². The number of allylic oxidation sites excluding steroid dienone is 2. The average molecular weight is 467 g/mol. The lowest BCUT2D eigenvalue weighted by Gasteiger charge is -2.18. The summed E-state index contributed by atoms with van der Waals surface area (Å²) in [6.07, 6.45) is 4.89. The summed E-state index contributed by atoms with van der Waals surface area (Å²) in [5.41, 5.74) is 5.74. The zero-order valence-electron chi connectivity index (χ0n) is 17.8. The molecule has 1 aliphatic heterocycles. The van der Waals surface area contributed by atoms with Gasteiger partial charge in [-0.05, 0) is 48.9 Å². The summed E-state index contributed by atoms with van der Waals surface area (Å²) in [4.78, 5) is 63.8. The van der Waals surface area contributed by atoms with Gasteiger partial charge in [0.25, 0.3) is 17.7 Å². The third-order valence-electron chi connectivity index (χ3n) is 5.69. The van der Waals surface area contributed by atoms with Crippen LogP contribution in [0.15, 0.2) is 47.9 Å². The molecule has 1 saturated heterocycles. The number of anilines is 1. The van der Waals surface area contributed by atoms with E-state index in [0.29, 0.717) is 29.0 Å². The van der Waals surface area contributed by atoms with Gasteiger partial charge >= 0.3 is 0 Å². The van der Waals surface area contributed by atoms with Gasteiger partial charge in [0.2, 0.25) is 11.8 Å². The van der Waals surface area contributed by atoms with E-state index in [2.05, 4.69) is 16.2 Å². The number of amides is 5. The number of aryl methyl sites for hydroxylation is 1. The van der Waals surface area contributed by atoms with Gasteiger partial charge in [-0.1, -0.05) is 24.3 Å². The first-order chi connectivity index (χ1) is 15.9. The predicted octanol–water partition coefficient (Wildman–Crippen LogP) is 1.70. The standard InChI is InChI=1S/C23H22N4O5S/c1-13-8-9-14(11-17(13)27-22(31)15-5-2-3-6-16(15)23(27)32)20(29)26-25-19(28)12-24-21(30)18-7-4-10-33-18/h2-4,7-11,15-16H,5-6,12H2,1H3,(H,24,30)(H,25,28)(H,26,29). The summed E-state index contributed by atoms with van der Waals surface area (Å²) in [6, 6.07) is 8.02. The highest BCUT2D eigenvalue weighted by atomic mass is 32.1. The number of hydrogen-bond acceptors (Lipinski definition) is 6. The maximum Gasteiger partial charge on any atom is 0.269 e. The molecular weight excluding hydrogens is 444 g/mol. The SMILES string of the molecule is Cc1ccc(C(=O)NNC(=O)CNC(=O)c2cccs2)cc1N1C(=O)C2CC=CCC2C1=O. The predicted molar refractivity (Wildman–Crippen MR) is 121 cm³/mol. The third-order valence-corrected chi connectivity index (χ3v) is 6.56. The molecule has 0 saturated carbocycles. The summed E-state index contributed by atoms with van der Waals surface area (Å²) < 4.78 is 0. The Balaban J connectivity index is 1.38. The van der Waals surface area contributed by atoms with Crippen LogP contribution in [0.3, 0.4) is 0 Å². The Morgan fingerprint density at radius 1 is 1.00 bits per heavy atom. The molecule has 33 heavy (non-hydrogen) atoms. The summed E-state index contributed by atoms with van der Waals surface area (Å²) in [7, 11) is 0. The number of fused-ring (bicyclic) bond motifs is 1. The van der Waals surface area contributed by atoms with Gasteiger partial charge in [0, 0.05) is 5.56 Å². The minimum Gasteiger partial charge on any atom is -0.342 e. The van der Waals surface area contributed by atoms with Crippen molar-refractivity contribution in [1.82, 2.24) is 16.2 Å². The summed E-state index contributed by atoms with van der Waals surface area (Å²) in [5, 5.41) is 4.21.